The van der Waals surface area contributed by atoms with Gasteiger partial charge in [0.25, 0.3) is 0 Å². The lowest BCUT2D eigenvalue weighted by atomic mass is 9.97. The number of benzene rings is 2. The summed E-state index contributed by atoms with van der Waals surface area (Å²) in [5, 5.41) is 2.99. The molecule has 1 aliphatic heterocycles. The van der Waals surface area contributed by atoms with E-state index in [1.165, 1.54) is 11.4 Å². The predicted molar refractivity (Wildman–Crippen MR) is 125 cm³/mol. The fourth-order valence-corrected chi connectivity index (χ4v) is 5.41. The number of carbonyl (C=O) groups excluding carboxylic acids is 1. The van der Waals surface area contributed by atoms with Crippen molar-refractivity contribution in [3.05, 3.63) is 48.0 Å². The number of carbonyl (C=O) groups is 1. The highest BCUT2D eigenvalue weighted by molar-refractivity contribution is 7.89. The third-order valence-electron chi connectivity index (χ3n) is 5.91. The molecule has 1 amide bonds. The third-order valence-corrected chi connectivity index (χ3v) is 7.82. The molecule has 1 saturated heterocycles. The number of aryl methyl sites for hydroxylation is 1. The van der Waals surface area contributed by atoms with Gasteiger partial charge in [-0.2, -0.15) is 4.31 Å². The van der Waals surface area contributed by atoms with Crippen molar-refractivity contribution in [2.45, 2.75) is 30.6 Å². The van der Waals surface area contributed by atoms with Crippen LogP contribution in [0.15, 0.2) is 47.4 Å². The van der Waals surface area contributed by atoms with Crippen molar-refractivity contribution in [3.8, 4) is 17.2 Å². The fraction of sp³-hybridized carbons (Fsp3) is 0.458. The van der Waals surface area contributed by atoms with Crippen LogP contribution in [0.3, 0.4) is 0 Å². The monoisotopic (exact) mass is 476 g/mol. The van der Waals surface area contributed by atoms with E-state index < -0.39 is 10.0 Å². The van der Waals surface area contributed by atoms with Gasteiger partial charge in [-0.1, -0.05) is 6.07 Å². The first-order valence-electron chi connectivity index (χ1n) is 11.0. The molecule has 9 heteroatoms. The Bertz CT molecular complexity index is 1030. The smallest absolute Gasteiger partial charge is 0.243 e. The van der Waals surface area contributed by atoms with Crippen LogP contribution in [0, 0.1) is 5.92 Å². The number of rotatable bonds is 10. The van der Waals surface area contributed by atoms with Crippen molar-refractivity contribution >= 4 is 15.9 Å². The predicted octanol–water partition coefficient (Wildman–Crippen LogP) is 2.86. The number of amides is 1. The van der Waals surface area contributed by atoms with Gasteiger partial charge in [-0.15, -0.1) is 0 Å². The summed E-state index contributed by atoms with van der Waals surface area (Å²) in [5.41, 5.74) is 1.11. The molecule has 0 unspecified atom stereocenters. The van der Waals surface area contributed by atoms with Gasteiger partial charge in [0.05, 0.1) is 26.2 Å². The average Bonchev–Trinajstić information content (AvgIpc) is 2.86. The van der Waals surface area contributed by atoms with Crippen molar-refractivity contribution in [1.82, 2.24) is 9.62 Å². The van der Waals surface area contributed by atoms with Crippen LogP contribution in [0.5, 0.6) is 17.2 Å². The van der Waals surface area contributed by atoms with Crippen LogP contribution >= 0.6 is 0 Å². The molecule has 0 aliphatic carbocycles. The largest absolute Gasteiger partial charge is 0.497 e. The number of hydrogen-bond donors (Lipinski definition) is 1. The van der Waals surface area contributed by atoms with Crippen LogP contribution < -0.4 is 19.5 Å². The summed E-state index contributed by atoms with van der Waals surface area (Å²) in [6.07, 6.45) is 2.62. The number of ether oxygens (including phenoxy) is 3. The number of hydrogen-bond acceptors (Lipinski definition) is 6. The number of methoxy groups -OCH3 is 3. The highest BCUT2D eigenvalue weighted by Crippen LogP contribution is 2.28. The Morgan fingerprint density at radius 2 is 1.64 bits per heavy atom. The summed E-state index contributed by atoms with van der Waals surface area (Å²) in [7, 11) is 1.18. The van der Waals surface area contributed by atoms with Gasteiger partial charge in [0, 0.05) is 25.6 Å². The van der Waals surface area contributed by atoms with Gasteiger partial charge < -0.3 is 19.5 Å². The lowest BCUT2D eigenvalue weighted by molar-refractivity contribution is -0.126. The summed E-state index contributed by atoms with van der Waals surface area (Å²) in [6, 6.07) is 12.2. The van der Waals surface area contributed by atoms with Crippen LogP contribution in [0.1, 0.15) is 24.8 Å². The van der Waals surface area contributed by atoms with Crippen LogP contribution in [-0.2, 0) is 21.2 Å². The molecule has 0 saturated carbocycles. The zero-order valence-corrected chi connectivity index (χ0v) is 20.2. The van der Waals surface area contributed by atoms with Crippen LogP contribution in [0.2, 0.25) is 0 Å². The maximum absolute atomic E-state index is 12.9. The molecule has 1 aliphatic rings. The zero-order chi connectivity index (χ0) is 23.8. The van der Waals surface area contributed by atoms with Gasteiger partial charge in [0.2, 0.25) is 15.9 Å². The van der Waals surface area contributed by atoms with E-state index in [1.54, 1.807) is 38.5 Å². The van der Waals surface area contributed by atoms with E-state index in [2.05, 4.69) is 5.32 Å². The molecular weight excluding hydrogens is 444 g/mol. The average molecular weight is 477 g/mol. The standard InChI is InChI=1S/C24H32N2O6S/c1-30-20-7-9-21(10-8-20)33(28,29)26-15-12-19(13-16-26)24(27)25-14-4-5-18-6-11-22(31-2)23(17-18)32-3/h6-11,17,19H,4-5,12-16H2,1-3H3,(H,25,27). The lowest BCUT2D eigenvalue weighted by Gasteiger charge is -2.30. The Kier molecular flexibility index (Phi) is 8.57. The minimum Gasteiger partial charge on any atom is -0.497 e. The number of nitrogens with zero attached hydrogens (tertiary/aromatic N) is 1. The minimum atomic E-state index is -3.57. The first-order valence-corrected chi connectivity index (χ1v) is 12.5. The highest BCUT2D eigenvalue weighted by Gasteiger charge is 2.32. The third kappa shape index (κ3) is 6.17. The molecule has 2 aromatic carbocycles. The van der Waals surface area contributed by atoms with Gasteiger partial charge in [-0.05, 0) is 67.6 Å². The van der Waals surface area contributed by atoms with Gasteiger partial charge in [-0.3, -0.25) is 4.79 Å². The molecule has 1 N–H and O–H groups in total. The van der Waals surface area contributed by atoms with E-state index >= 15 is 0 Å². The molecule has 3 rings (SSSR count). The van der Waals surface area contributed by atoms with E-state index in [0.717, 1.165) is 18.4 Å². The second kappa shape index (κ2) is 11.4. The summed E-state index contributed by atoms with van der Waals surface area (Å²) in [6.45, 7) is 1.23. The van der Waals surface area contributed by atoms with Crippen molar-refractivity contribution in [3.63, 3.8) is 0 Å². The molecule has 1 heterocycles. The molecule has 0 aromatic heterocycles. The molecule has 2 aromatic rings. The van der Waals surface area contributed by atoms with Crippen molar-refractivity contribution in [1.29, 1.82) is 0 Å². The van der Waals surface area contributed by atoms with E-state index in [1.807, 2.05) is 18.2 Å². The second-order valence-electron chi connectivity index (χ2n) is 7.94. The minimum absolute atomic E-state index is 0.0104. The Morgan fingerprint density at radius 3 is 2.24 bits per heavy atom. The molecule has 0 radical (unpaired) electrons. The molecule has 0 spiro atoms. The maximum Gasteiger partial charge on any atom is 0.243 e. The summed E-state index contributed by atoms with van der Waals surface area (Å²) >= 11 is 0. The molecule has 0 bridgehead atoms. The van der Waals surface area contributed by atoms with E-state index in [4.69, 9.17) is 14.2 Å². The van der Waals surface area contributed by atoms with Gasteiger partial charge in [0.15, 0.2) is 11.5 Å². The molecule has 33 heavy (non-hydrogen) atoms. The topological polar surface area (TPSA) is 94.2 Å². The van der Waals surface area contributed by atoms with Gasteiger partial charge in [0.1, 0.15) is 5.75 Å². The molecular formula is C24H32N2O6S. The van der Waals surface area contributed by atoms with Crippen LogP contribution in [0.4, 0.5) is 0 Å². The highest BCUT2D eigenvalue weighted by atomic mass is 32.2. The van der Waals surface area contributed by atoms with Crippen LogP contribution in [0.25, 0.3) is 0 Å². The fourth-order valence-electron chi connectivity index (χ4n) is 3.94. The Balaban J connectivity index is 1.43. The SMILES string of the molecule is COc1ccc(S(=O)(=O)N2CCC(C(=O)NCCCc3ccc(OC)c(OC)c3)CC2)cc1. The van der Waals surface area contributed by atoms with Crippen molar-refractivity contribution in [2.24, 2.45) is 5.92 Å². The van der Waals surface area contributed by atoms with Crippen LogP contribution in [-0.4, -0.2) is 59.6 Å². The van der Waals surface area contributed by atoms with E-state index in [9.17, 15) is 13.2 Å². The normalized spacial score (nSPS) is 15.1. The summed E-state index contributed by atoms with van der Waals surface area (Å²) in [5.74, 6) is 1.80. The first kappa shape index (κ1) is 24.9. The molecule has 0 atom stereocenters. The Hall–Kier alpha value is -2.78. The van der Waals surface area contributed by atoms with Gasteiger partial charge >= 0.3 is 0 Å². The molecule has 180 valence electrons. The Labute approximate surface area is 195 Å². The lowest BCUT2D eigenvalue weighted by Crippen LogP contribution is -2.43. The maximum atomic E-state index is 12.9. The first-order chi connectivity index (χ1) is 15.9. The van der Waals surface area contributed by atoms with E-state index in [0.29, 0.717) is 49.7 Å². The number of sulfonamides is 1. The number of nitrogens with one attached hydrogen (secondary N) is 1. The number of piperidine rings is 1. The van der Waals surface area contributed by atoms with E-state index in [-0.39, 0.29) is 16.7 Å². The summed E-state index contributed by atoms with van der Waals surface area (Å²) < 4.78 is 42.8. The quantitative estimate of drug-likeness (QED) is 0.530. The van der Waals surface area contributed by atoms with Gasteiger partial charge in [-0.25, -0.2) is 8.42 Å². The Morgan fingerprint density at radius 1 is 0.970 bits per heavy atom. The zero-order valence-electron chi connectivity index (χ0n) is 19.4. The second-order valence-corrected chi connectivity index (χ2v) is 9.88. The molecule has 1 fully saturated rings. The summed E-state index contributed by atoms with van der Waals surface area (Å²) in [4.78, 5) is 12.8. The van der Waals surface area contributed by atoms with Crippen molar-refractivity contribution in [2.75, 3.05) is 41.0 Å². The molecule has 8 nitrogen and oxygen atoms in total. The van der Waals surface area contributed by atoms with Crippen molar-refractivity contribution < 1.29 is 27.4 Å².